The molecule has 1 aliphatic heterocycles. The molecule has 1 unspecified atom stereocenters. The van der Waals surface area contributed by atoms with Crippen LogP contribution in [0.2, 0.25) is 0 Å². The Bertz CT molecular complexity index is 883. The van der Waals surface area contributed by atoms with Gasteiger partial charge in [-0.3, -0.25) is 9.69 Å². The first kappa shape index (κ1) is 22.8. The summed E-state index contributed by atoms with van der Waals surface area (Å²) in [5.74, 6) is 1.82. The number of carbonyl (C=O) groups excluding carboxylic acids is 1. The third-order valence-corrected chi connectivity index (χ3v) is 5.41. The molecular weight excluding hydrogens is 398 g/mol. The van der Waals surface area contributed by atoms with Crippen LogP contribution in [-0.4, -0.2) is 62.0 Å². The summed E-state index contributed by atoms with van der Waals surface area (Å²) in [5, 5.41) is 6.89. The maximum absolute atomic E-state index is 12.2. The zero-order valence-electron chi connectivity index (χ0n) is 18.6. The first-order valence-corrected chi connectivity index (χ1v) is 10.5. The van der Waals surface area contributed by atoms with E-state index in [9.17, 15) is 4.79 Å². The van der Waals surface area contributed by atoms with Gasteiger partial charge in [-0.05, 0) is 44.5 Å². The van der Waals surface area contributed by atoms with Crippen molar-refractivity contribution in [2.75, 3.05) is 40.0 Å². The first-order chi connectivity index (χ1) is 15.0. The lowest BCUT2D eigenvalue weighted by Gasteiger charge is -2.32. The third kappa shape index (κ3) is 6.32. The second-order valence-electron chi connectivity index (χ2n) is 7.58. The molecule has 0 spiro atoms. The summed E-state index contributed by atoms with van der Waals surface area (Å²) in [5.41, 5.74) is 2.58. The largest absolute Gasteiger partial charge is 0.493 e. The Morgan fingerprint density at radius 2 is 2.06 bits per heavy atom. The van der Waals surface area contributed by atoms with Gasteiger partial charge in [-0.2, -0.15) is 0 Å². The molecule has 0 radical (unpaired) electrons. The van der Waals surface area contributed by atoms with Gasteiger partial charge in [0.05, 0.1) is 31.6 Å². The van der Waals surface area contributed by atoms with E-state index in [1.807, 2.05) is 32.0 Å². The van der Waals surface area contributed by atoms with E-state index in [4.69, 9.17) is 18.7 Å². The average molecular weight is 430 g/mol. The monoisotopic (exact) mass is 429 g/mol. The molecule has 2 aromatic rings. The van der Waals surface area contributed by atoms with Crippen molar-refractivity contribution < 1.29 is 23.5 Å². The highest BCUT2D eigenvalue weighted by atomic mass is 16.5. The fourth-order valence-corrected chi connectivity index (χ4v) is 3.39. The summed E-state index contributed by atoms with van der Waals surface area (Å²) in [7, 11) is 1.59. The number of rotatable bonds is 9. The summed E-state index contributed by atoms with van der Waals surface area (Å²) < 4.78 is 21.9. The minimum atomic E-state index is -0.127. The van der Waals surface area contributed by atoms with Crippen molar-refractivity contribution in [2.45, 2.75) is 33.4 Å². The molecule has 1 aromatic heterocycles. The molecule has 31 heavy (non-hydrogen) atoms. The second kappa shape index (κ2) is 11.0. The van der Waals surface area contributed by atoms with Crippen LogP contribution in [0.15, 0.2) is 28.8 Å². The fourth-order valence-electron chi connectivity index (χ4n) is 3.39. The molecule has 0 bridgehead atoms. The van der Waals surface area contributed by atoms with Gasteiger partial charge in [0.2, 0.25) is 5.91 Å². The standard InChI is InChI=1S/C23H31N3O5/c1-16(26-9-11-29-12-10-26)14-24-23(27)8-6-19-5-7-21(22(13-19)28-4)30-15-20-17(2)25-31-18(20)3/h5-8,13,16H,9-12,14-15H2,1-4H3,(H,24,27)/b8-6+. The topological polar surface area (TPSA) is 86.1 Å². The van der Waals surface area contributed by atoms with Crippen LogP contribution in [0.3, 0.4) is 0 Å². The molecule has 0 aliphatic carbocycles. The van der Waals surface area contributed by atoms with E-state index in [0.29, 0.717) is 24.7 Å². The van der Waals surface area contributed by atoms with E-state index in [1.54, 1.807) is 13.2 Å². The van der Waals surface area contributed by atoms with Crippen molar-refractivity contribution in [1.82, 2.24) is 15.4 Å². The number of morpholine rings is 1. The number of aromatic nitrogens is 1. The van der Waals surface area contributed by atoms with Crippen LogP contribution in [0.5, 0.6) is 11.5 Å². The number of hydrogen-bond acceptors (Lipinski definition) is 7. The quantitative estimate of drug-likeness (QED) is 0.614. The predicted octanol–water partition coefficient (Wildman–Crippen LogP) is 2.73. The zero-order chi connectivity index (χ0) is 22.2. The summed E-state index contributed by atoms with van der Waals surface area (Å²) in [6.45, 7) is 10.1. The van der Waals surface area contributed by atoms with Gasteiger partial charge in [0.1, 0.15) is 12.4 Å². The van der Waals surface area contributed by atoms with Gasteiger partial charge >= 0.3 is 0 Å². The number of amides is 1. The van der Waals surface area contributed by atoms with Crippen molar-refractivity contribution in [3.63, 3.8) is 0 Å². The number of methoxy groups -OCH3 is 1. The number of hydrogen-bond donors (Lipinski definition) is 1. The van der Waals surface area contributed by atoms with Gasteiger partial charge in [0.15, 0.2) is 11.5 Å². The number of ether oxygens (including phenoxy) is 3. The van der Waals surface area contributed by atoms with Crippen LogP contribution in [0, 0.1) is 13.8 Å². The Kier molecular flexibility index (Phi) is 8.08. The van der Waals surface area contributed by atoms with Crippen LogP contribution in [-0.2, 0) is 16.1 Å². The molecule has 1 N–H and O–H groups in total. The van der Waals surface area contributed by atoms with Crippen LogP contribution in [0.25, 0.3) is 6.08 Å². The van der Waals surface area contributed by atoms with Gasteiger partial charge in [-0.1, -0.05) is 11.2 Å². The van der Waals surface area contributed by atoms with E-state index in [2.05, 4.69) is 22.3 Å². The van der Waals surface area contributed by atoms with E-state index >= 15 is 0 Å². The van der Waals surface area contributed by atoms with Gasteiger partial charge < -0.3 is 24.1 Å². The maximum atomic E-state index is 12.2. The second-order valence-corrected chi connectivity index (χ2v) is 7.58. The highest BCUT2D eigenvalue weighted by molar-refractivity contribution is 5.91. The lowest BCUT2D eigenvalue weighted by Crippen LogP contribution is -2.47. The third-order valence-electron chi connectivity index (χ3n) is 5.41. The molecule has 8 heteroatoms. The molecule has 8 nitrogen and oxygen atoms in total. The highest BCUT2D eigenvalue weighted by Crippen LogP contribution is 2.30. The van der Waals surface area contributed by atoms with Gasteiger partial charge in [0.25, 0.3) is 0 Å². The average Bonchev–Trinajstić information content (AvgIpc) is 3.12. The fraction of sp³-hybridized carbons (Fsp3) is 0.478. The van der Waals surface area contributed by atoms with Crippen LogP contribution < -0.4 is 14.8 Å². The SMILES string of the molecule is COc1cc(/C=C/C(=O)NCC(C)N2CCOCC2)ccc1OCc1c(C)noc1C. The predicted molar refractivity (Wildman–Crippen MR) is 117 cm³/mol. The zero-order valence-corrected chi connectivity index (χ0v) is 18.6. The number of nitrogens with one attached hydrogen (secondary N) is 1. The lowest BCUT2D eigenvalue weighted by molar-refractivity contribution is -0.116. The summed E-state index contributed by atoms with van der Waals surface area (Å²) in [4.78, 5) is 14.5. The molecule has 3 rings (SSSR count). The molecule has 1 aromatic carbocycles. The summed E-state index contributed by atoms with van der Waals surface area (Å²) >= 11 is 0. The highest BCUT2D eigenvalue weighted by Gasteiger charge is 2.17. The Hall–Kier alpha value is -2.84. The van der Waals surface area contributed by atoms with Crippen LogP contribution in [0.4, 0.5) is 0 Å². The Labute approximate surface area is 183 Å². The van der Waals surface area contributed by atoms with Crippen molar-refractivity contribution in [1.29, 1.82) is 0 Å². The molecule has 1 atom stereocenters. The van der Waals surface area contributed by atoms with Crippen LogP contribution >= 0.6 is 0 Å². The Morgan fingerprint density at radius 1 is 1.29 bits per heavy atom. The molecule has 2 heterocycles. The summed E-state index contributed by atoms with van der Waals surface area (Å²) in [6, 6.07) is 5.82. The first-order valence-electron chi connectivity index (χ1n) is 10.5. The van der Waals surface area contributed by atoms with Crippen molar-refractivity contribution in [2.24, 2.45) is 0 Å². The number of nitrogens with zero attached hydrogens (tertiary/aromatic N) is 2. The number of carbonyl (C=O) groups is 1. The Balaban J connectivity index is 1.53. The van der Waals surface area contributed by atoms with E-state index in [0.717, 1.165) is 48.9 Å². The lowest BCUT2D eigenvalue weighted by atomic mass is 10.1. The van der Waals surface area contributed by atoms with Crippen molar-refractivity contribution >= 4 is 12.0 Å². The molecular formula is C23H31N3O5. The smallest absolute Gasteiger partial charge is 0.244 e. The van der Waals surface area contributed by atoms with Crippen molar-refractivity contribution in [3.05, 3.63) is 46.9 Å². The number of benzene rings is 1. The molecule has 0 saturated carbocycles. The maximum Gasteiger partial charge on any atom is 0.244 e. The minimum Gasteiger partial charge on any atom is -0.493 e. The number of aryl methyl sites for hydroxylation is 2. The molecule has 168 valence electrons. The van der Waals surface area contributed by atoms with Crippen LogP contribution in [0.1, 0.15) is 29.5 Å². The molecule has 1 fully saturated rings. The van der Waals surface area contributed by atoms with E-state index < -0.39 is 0 Å². The van der Waals surface area contributed by atoms with E-state index in [-0.39, 0.29) is 11.9 Å². The normalized spacial score (nSPS) is 15.7. The summed E-state index contributed by atoms with van der Waals surface area (Å²) in [6.07, 6.45) is 3.29. The van der Waals surface area contributed by atoms with Crippen molar-refractivity contribution in [3.8, 4) is 11.5 Å². The van der Waals surface area contributed by atoms with E-state index in [1.165, 1.54) is 6.08 Å². The molecule has 1 saturated heterocycles. The van der Waals surface area contributed by atoms with Gasteiger partial charge in [0, 0.05) is 31.8 Å². The van der Waals surface area contributed by atoms with Gasteiger partial charge in [-0.15, -0.1) is 0 Å². The van der Waals surface area contributed by atoms with Gasteiger partial charge in [-0.25, -0.2) is 0 Å². The minimum absolute atomic E-state index is 0.127. The molecule has 1 aliphatic rings. The molecule has 1 amide bonds. The Morgan fingerprint density at radius 3 is 2.74 bits per heavy atom.